The van der Waals surface area contributed by atoms with E-state index < -0.39 is 10.0 Å². The summed E-state index contributed by atoms with van der Waals surface area (Å²) < 4.78 is 30.0. The minimum atomic E-state index is -3.11. The average molecular weight is 498 g/mol. The normalized spacial score (nSPS) is 11.8. The van der Waals surface area contributed by atoms with E-state index in [1.54, 1.807) is 21.1 Å². The molecule has 26 heavy (non-hydrogen) atoms. The number of rotatable bonds is 10. The van der Waals surface area contributed by atoms with E-state index in [-0.39, 0.29) is 29.7 Å². The monoisotopic (exact) mass is 498 g/mol. The molecule has 0 saturated heterocycles. The lowest BCUT2D eigenvalue weighted by Gasteiger charge is -2.16. The van der Waals surface area contributed by atoms with Gasteiger partial charge in [0.2, 0.25) is 10.0 Å². The zero-order valence-corrected chi connectivity index (χ0v) is 19.1. The van der Waals surface area contributed by atoms with Crippen LogP contribution >= 0.6 is 24.0 Å². The van der Waals surface area contributed by atoms with Crippen LogP contribution in [0, 0.1) is 0 Å². The second-order valence-corrected chi connectivity index (χ2v) is 7.91. The third-order valence-corrected chi connectivity index (χ3v) is 5.54. The van der Waals surface area contributed by atoms with Crippen LogP contribution in [0.25, 0.3) is 0 Å². The van der Waals surface area contributed by atoms with Crippen molar-refractivity contribution in [1.82, 2.24) is 14.9 Å². The van der Waals surface area contributed by atoms with Crippen LogP contribution in [-0.4, -0.2) is 58.2 Å². The molecule has 0 aliphatic carbocycles. The van der Waals surface area contributed by atoms with Gasteiger partial charge in [-0.3, -0.25) is 0 Å². The number of guanidine groups is 1. The van der Waals surface area contributed by atoms with Crippen molar-refractivity contribution >= 4 is 40.0 Å². The summed E-state index contributed by atoms with van der Waals surface area (Å²) in [6.45, 7) is 6.08. The van der Waals surface area contributed by atoms with Gasteiger partial charge in [0.1, 0.15) is 5.75 Å². The molecule has 2 N–H and O–H groups in total. The topological polar surface area (TPSA) is 83.0 Å². The molecule has 0 atom stereocenters. The molecule has 9 heteroatoms. The summed E-state index contributed by atoms with van der Waals surface area (Å²) in [6, 6.07) is 7.79. The predicted molar refractivity (Wildman–Crippen MR) is 118 cm³/mol. The maximum absolute atomic E-state index is 11.7. The highest BCUT2D eigenvalue weighted by Gasteiger charge is 2.13. The standard InChI is InChI=1S/C17H30N4O3S.HI/c1-5-18-17(19-11-8-12-21(3)25(22,23)6-2)20-14-15-9-7-10-16(13-15)24-4;/h7,9-10,13H,5-6,8,11-12,14H2,1-4H3,(H2,18,19,20);1H. The molecule has 0 aliphatic heterocycles. The van der Waals surface area contributed by atoms with Crippen molar-refractivity contribution in [2.24, 2.45) is 4.99 Å². The summed E-state index contributed by atoms with van der Waals surface area (Å²) in [7, 11) is 0.140. The quantitative estimate of drug-likeness (QED) is 0.223. The van der Waals surface area contributed by atoms with Crippen LogP contribution in [0.1, 0.15) is 25.8 Å². The lowest BCUT2D eigenvalue weighted by atomic mass is 10.2. The first kappa shape index (κ1) is 24.9. The molecule has 1 rings (SSSR count). The van der Waals surface area contributed by atoms with Crippen molar-refractivity contribution in [3.8, 4) is 5.75 Å². The fraction of sp³-hybridized carbons (Fsp3) is 0.588. The van der Waals surface area contributed by atoms with Gasteiger partial charge in [-0.05, 0) is 38.0 Å². The molecule has 0 aromatic heterocycles. The molecular weight excluding hydrogens is 467 g/mol. The Bertz CT molecular complexity index is 653. The molecular formula is C17H31IN4O3S. The first-order valence-electron chi connectivity index (χ1n) is 8.52. The summed E-state index contributed by atoms with van der Waals surface area (Å²) in [5.74, 6) is 1.65. The van der Waals surface area contributed by atoms with Crippen LogP contribution in [0.5, 0.6) is 5.75 Å². The first-order valence-corrected chi connectivity index (χ1v) is 10.1. The highest BCUT2D eigenvalue weighted by molar-refractivity contribution is 14.0. The third-order valence-electron chi connectivity index (χ3n) is 3.68. The molecule has 1 aromatic rings. The number of ether oxygens (including phenoxy) is 1. The summed E-state index contributed by atoms with van der Waals surface area (Å²) in [5.41, 5.74) is 1.06. The summed E-state index contributed by atoms with van der Waals surface area (Å²) >= 11 is 0. The van der Waals surface area contributed by atoms with Crippen molar-refractivity contribution in [3.63, 3.8) is 0 Å². The van der Waals surface area contributed by atoms with Gasteiger partial charge in [-0.15, -0.1) is 24.0 Å². The van der Waals surface area contributed by atoms with Crippen LogP contribution in [0.2, 0.25) is 0 Å². The van der Waals surface area contributed by atoms with Gasteiger partial charge in [-0.2, -0.15) is 0 Å². The molecule has 0 unspecified atom stereocenters. The predicted octanol–water partition coefficient (Wildman–Crippen LogP) is 2.04. The van der Waals surface area contributed by atoms with Gasteiger partial charge >= 0.3 is 0 Å². The second kappa shape index (κ2) is 13.2. The Balaban J connectivity index is 0.00000625. The molecule has 0 fully saturated rings. The van der Waals surface area contributed by atoms with Gasteiger partial charge in [0.15, 0.2) is 5.96 Å². The van der Waals surface area contributed by atoms with E-state index in [2.05, 4.69) is 15.6 Å². The molecule has 0 heterocycles. The zero-order valence-electron chi connectivity index (χ0n) is 16.0. The van der Waals surface area contributed by atoms with E-state index in [1.807, 2.05) is 31.2 Å². The molecule has 7 nitrogen and oxygen atoms in total. The van der Waals surface area contributed by atoms with Crippen LogP contribution in [0.4, 0.5) is 0 Å². The van der Waals surface area contributed by atoms with Crippen LogP contribution in [0.15, 0.2) is 29.3 Å². The number of hydrogen-bond acceptors (Lipinski definition) is 4. The number of benzene rings is 1. The maximum atomic E-state index is 11.7. The number of methoxy groups -OCH3 is 1. The van der Waals surface area contributed by atoms with Crippen molar-refractivity contribution in [2.75, 3.05) is 39.5 Å². The van der Waals surface area contributed by atoms with E-state index in [1.165, 1.54) is 4.31 Å². The summed E-state index contributed by atoms with van der Waals surface area (Å²) in [6.07, 6.45) is 0.708. The SMILES string of the molecule is CCNC(=NCc1cccc(OC)c1)NCCCN(C)S(=O)(=O)CC.I. The fourth-order valence-electron chi connectivity index (χ4n) is 2.15. The summed E-state index contributed by atoms with van der Waals surface area (Å²) in [5, 5.41) is 6.42. The molecule has 0 aliphatic rings. The number of sulfonamides is 1. The highest BCUT2D eigenvalue weighted by Crippen LogP contribution is 2.13. The van der Waals surface area contributed by atoms with Gasteiger partial charge in [-0.25, -0.2) is 17.7 Å². The fourth-order valence-corrected chi connectivity index (χ4v) is 3.00. The lowest BCUT2D eigenvalue weighted by Crippen LogP contribution is -2.39. The molecule has 0 bridgehead atoms. The molecule has 0 radical (unpaired) electrons. The minimum Gasteiger partial charge on any atom is -0.497 e. The largest absolute Gasteiger partial charge is 0.497 e. The zero-order chi connectivity index (χ0) is 18.7. The Morgan fingerprint density at radius 1 is 1.27 bits per heavy atom. The highest BCUT2D eigenvalue weighted by atomic mass is 127. The molecule has 0 amide bonds. The Kier molecular flexibility index (Phi) is 12.6. The van der Waals surface area contributed by atoms with E-state index in [9.17, 15) is 8.42 Å². The van der Waals surface area contributed by atoms with Gasteiger partial charge < -0.3 is 15.4 Å². The Hall–Kier alpha value is -1.07. The molecule has 1 aromatic carbocycles. The Labute approximate surface area is 174 Å². The van der Waals surface area contributed by atoms with Crippen LogP contribution in [0.3, 0.4) is 0 Å². The summed E-state index contributed by atoms with van der Waals surface area (Å²) in [4.78, 5) is 4.55. The average Bonchev–Trinajstić information content (AvgIpc) is 2.62. The Morgan fingerprint density at radius 3 is 2.62 bits per heavy atom. The van der Waals surface area contributed by atoms with Crippen molar-refractivity contribution in [1.29, 1.82) is 0 Å². The number of aliphatic imine (C=N–C) groups is 1. The smallest absolute Gasteiger partial charge is 0.213 e. The maximum Gasteiger partial charge on any atom is 0.213 e. The minimum absolute atomic E-state index is 0. The number of halogens is 1. The van der Waals surface area contributed by atoms with Crippen molar-refractivity contribution in [3.05, 3.63) is 29.8 Å². The second-order valence-electron chi connectivity index (χ2n) is 5.55. The van der Waals surface area contributed by atoms with Crippen molar-refractivity contribution < 1.29 is 13.2 Å². The van der Waals surface area contributed by atoms with Crippen molar-refractivity contribution in [2.45, 2.75) is 26.8 Å². The van der Waals surface area contributed by atoms with E-state index in [4.69, 9.17) is 4.74 Å². The molecule has 0 saturated carbocycles. The Morgan fingerprint density at radius 2 is 2.00 bits per heavy atom. The van der Waals surface area contributed by atoms with E-state index >= 15 is 0 Å². The van der Waals surface area contributed by atoms with Crippen LogP contribution < -0.4 is 15.4 Å². The van der Waals surface area contributed by atoms with Gasteiger partial charge in [0, 0.05) is 26.7 Å². The lowest BCUT2D eigenvalue weighted by molar-refractivity contribution is 0.414. The van der Waals surface area contributed by atoms with Gasteiger partial charge in [0.05, 0.1) is 19.4 Å². The molecule has 150 valence electrons. The number of hydrogen-bond donors (Lipinski definition) is 2. The molecule has 0 spiro atoms. The number of nitrogens with zero attached hydrogens (tertiary/aromatic N) is 2. The van der Waals surface area contributed by atoms with E-state index in [0.29, 0.717) is 32.0 Å². The van der Waals surface area contributed by atoms with Gasteiger partial charge in [-0.1, -0.05) is 12.1 Å². The third kappa shape index (κ3) is 9.04. The van der Waals surface area contributed by atoms with Gasteiger partial charge in [0.25, 0.3) is 0 Å². The van der Waals surface area contributed by atoms with Crippen LogP contribution in [-0.2, 0) is 16.6 Å². The first-order chi connectivity index (χ1) is 11.9. The van der Waals surface area contributed by atoms with E-state index in [0.717, 1.165) is 17.9 Å². The number of nitrogens with one attached hydrogen (secondary N) is 2.